The van der Waals surface area contributed by atoms with Crippen LogP contribution in [0.3, 0.4) is 0 Å². The lowest BCUT2D eigenvalue weighted by molar-refractivity contribution is -0.146. The highest BCUT2D eigenvalue weighted by Crippen LogP contribution is 2.20. The van der Waals surface area contributed by atoms with E-state index in [9.17, 15) is 18.0 Å². The Morgan fingerprint density at radius 2 is 1.69 bits per heavy atom. The van der Waals surface area contributed by atoms with Crippen LogP contribution in [-0.2, 0) is 26.2 Å². The summed E-state index contributed by atoms with van der Waals surface area (Å²) in [6.07, 6.45) is 0. The number of hydrogen-bond donors (Lipinski definition) is 2. The van der Waals surface area contributed by atoms with Crippen molar-refractivity contribution in [1.29, 1.82) is 0 Å². The summed E-state index contributed by atoms with van der Waals surface area (Å²) in [6.45, 7) is 2.18. The zero-order chi connectivity index (χ0) is 21.0. The van der Waals surface area contributed by atoms with Gasteiger partial charge in [-0.05, 0) is 35.9 Å². The number of nitrogens with two attached hydrogens (primary N) is 1. The van der Waals surface area contributed by atoms with Crippen molar-refractivity contribution < 1.29 is 18.0 Å². The van der Waals surface area contributed by atoms with Crippen molar-refractivity contribution in [2.75, 3.05) is 31.1 Å². The van der Waals surface area contributed by atoms with E-state index >= 15 is 0 Å². The second-order valence-corrected chi connectivity index (χ2v) is 8.63. The topological polar surface area (TPSA) is 113 Å². The van der Waals surface area contributed by atoms with Crippen LogP contribution in [0.25, 0.3) is 0 Å². The second-order valence-electron chi connectivity index (χ2n) is 6.63. The normalized spacial score (nSPS) is 14.6. The van der Waals surface area contributed by atoms with E-state index in [1.54, 1.807) is 6.07 Å². The van der Waals surface area contributed by atoms with Crippen LogP contribution in [-0.4, -0.2) is 51.3 Å². The molecule has 0 bridgehead atoms. The maximum absolute atomic E-state index is 12.4. The van der Waals surface area contributed by atoms with E-state index in [1.165, 1.54) is 29.2 Å². The molecule has 0 aromatic heterocycles. The lowest BCUT2D eigenvalue weighted by atomic mass is 10.2. The Kier molecular flexibility index (Phi) is 6.41. The SMILES string of the molecule is NS(=O)(=O)c1ccc(CNC(=O)C(=O)N2CCN(c3cccc(Cl)c3)CC2)cc1. The van der Waals surface area contributed by atoms with Crippen molar-refractivity contribution in [3.05, 3.63) is 59.1 Å². The van der Waals surface area contributed by atoms with E-state index in [2.05, 4.69) is 10.2 Å². The molecule has 0 unspecified atom stereocenters. The fraction of sp³-hybridized carbons (Fsp3) is 0.263. The van der Waals surface area contributed by atoms with E-state index in [1.807, 2.05) is 18.2 Å². The third-order valence-corrected chi connectivity index (χ3v) is 5.80. The number of hydrogen-bond acceptors (Lipinski definition) is 5. The number of anilines is 1. The fourth-order valence-corrected chi connectivity index (χ4v) is 3.74. The molecule has 1 fully saturated rings. The summed E-state index contributed by atoms with van der Waals surface area (Å²) in [4.78, 5) is 28.2. The van der Waals surface area contributed by atoms with Crippen molar-refractivity contribution in [3.8, 4) is 0 Å². The Labute approximate surface area is 174 Å². The van der Waals surface area contributed by atoms with E-state index in [4.69, 9.17) is 16.7 Å². The molecule has 1 saturated heterocycles. The molecule has 0 radical (unpaired) electrons. The molecule has 0 spiro atoms. The summed E-state index contributed by atoms with van der Waals surface area (Å²) in [5.41, 5.74) is 1.64. The molecule has 8 nitrogen and oxygen atoms in total. The predicted octanol–water partition coefficient (Wildman–Crippen LogP) is 0.952. The summed E-state index contributed by atoms with van der Waals surface area (Å²) in [6, 6.07) is 13.3. The summed E-state index contributed by atoms with van der Waals surface area (Å²) < 4.78 is 22.5. The Bertz CT molecular complexity index is 1000. The average molecular weight is 437 g/mol. The molecule has 2 aromatic rings. The summed E-state index contributed by atoms with van der Waals surface area (Å²) in [5.74, 6) is -1.28. The Balaban J connectivity index is 1.50. The monoisotopic (exact) mass is 436 g/mol. The van der Waals surface area contributed by atoms with Crippen LogP contribution in [0, 0.1) is 0 Å². The lowest BCUT2D eigenvalue weighted by Crippen LogP contribution is -2.52. The quantitative estimate of drug-likeness (QED) is 0.693. The van der Waals surface area contributed by atoms with Gasteiger partial charge in [0.25, 0.3) is 0 Å². The van der Waals surface area contributed by atoms with Gasteiger partial charge in [-0.3, -0.25) is 9.59 Å². The minimum Gasteiger partial charge on any atom is -0.368 e. The number of benzene rings is 2. The Morgan fingerprint density at radius 3 is 2.28 bits per heavy atom. The van der Waals surface area contributed by atoms with Crippen LogP contribution in [0.2, 0.25) is 5.02 Å². The predicted molar refractivity (Wildman–Crippen MR) is 110 cm³/mol. The standard InChI is InChI=1S/C19H21ClN4O4S/c20-15-2-1-3-16(12-15)23-8-10-24(11-9-23)19(26)18(25)22-13-14-4-6-17(7-5-14)29(21,27)28/h1-7,12H,8-11,13H2,(H,22,25)(H2,21,27,28). The van der Waals surface area contributed by atoms with E-state index in [-0.39, 0.29) is 11.4 Å². The van der Waals surface area contributed by atoms with Crippen LogP contribution in [0.5, 0.6) is 0 Å². The van der Waals surface area contributed by atoms with Gasteiger partial charge >= 0.3 is 11.8 Å². The van der Waals surface area contributed by atoms with Crippen LogP contribution in [0.1, 0.15) is 5.56 Å². The van der Waals surface area contributed by atoms with Gasteiger partial charge in [0.15, 0.2) is 0 Å². The van der Waals surface area contributed by atoms with E-state index in [0.717, 1.165) is 5.69 Å². The molecule has 2 amide bonds. The molecule has 154 valence electrons. The number of nitrogens with zero attached hydrogens (tertiary/aromatic N) is 2. The Hall–Kier alpha value is -2.62. The average Bonchev–Trinajstić information content (AvgIpc) is 2.71. The molecule has 10 heteroatoms. The van der Waals surface area contributed by atoms with Gasteiger partial charge < -0.3 is 15.1 Å². The van der Waals surface area contributed by atoms with Gasteiger partial charge in [0.1, 0.15) is 0 Å². The van der Waals surface area contributed by atoms with Crippen LogP contribution in [0.15, 0.2) is 53.4 Å². The molecule has 29 heavy (non-hydrogen) atoms. The molecule has 1 aliphatic heterocycles. The number of nitrogens with one attached hydrogen (secondary N) is 1. The zero-order valence-corrected chi connectivity index (χ0v) is 17.1. The van der Waals surface area contributed by atoms with Gasteiger partial charge in [0, 0.05) is 43.4 Å². The first-order chi connectivity index (χ1) is 13.7. The molecule has 1 aliphatic rings. The van der Waals surface area contributed by atoms with Crippen LogP contribution < -0.4 is 15.4 Å². The Morgan fingerprint density at radius 1 is 1.03 bits per heavy atom. The number of carbonyl (C=O) groups excluding carboxylic acids is 2. The molecule has 1 heterocycles. The number of rotatable bonds is 4. The molecule has 2 aromatic carbocycles. The van der Waals surface area contributed by atoms with Crippen molar-refractivity contribution >= 4 is 39.1 Å². The first kappa shape index (κ1) is 21.1. The summed E-state index contributed by atoms with van der Waals surface area (Å²) >= 11 is 6.02. The minimum atomic E-state index is -3.77. The van der Waals surface area contributed by atoms with Crippen LogP contribution >= 0.6 is 11.6 Å². The van der Waals surface area contributed by atoms with Gasteiger partial charge in [0.2, 0.25) is 10.0 Å². The van der Waals surface area contributed by atoms with Gasteiger partial charge in [0.05, 0.1) is 4.90 Å². The second kappa shape index (κ2) is 8.81. The first-order valence-electron chi connectivity index (χ1n) is 8.93. The number of primary sulfonamides is 1. The van der Waals surface area contributed by atoms with Crippen molar-refractivity contribution in [2.45, 2.75) is 11.4 Å². The molecule has 3 rings (SSSR count). The highest BCUT2D eigenvalue weighted by atomic mass is 35.5. The number of amides is 2. The van der Waals surface area contributed by atoms with Crippen LogP contribution in [0.4, 0.5) is 5.69 Å². The molecular formula is C19H21ClN4O4S. The van der Waals surface area contributed by atoms with Gasteiger partial charge in [-0.25, -0.2) is 13.6 Å². The lowest BCUT2D eigenvalue weighted by Gasteiger charge is -2.35. The number of carbonyl (C=O) groups is 2. The molecular weight excluding hydrogens is 416 g/mol. The highest BCUT2D eigenvalue weighted by Gasteiger charge is 2.26. The maximum atomic E-state index is 12.4. The number of sulfonamides is 1. The van der Waals surface area contributed by atoms with Gasteiger partial charge in [-0.2, -0.15) is 0 Å². The van der Waals surface area contributed by atoms with Gasteiger partial charge in [-0.15, -0.1) is 0 Å². The zero-order valence-electron chi connectivity index (χ0n) is 15.5. The number of halogens is 1. The third kappa shape index (κ3) is 5.47. The summed E-state index contributed by atoms with van der Waals surface area (Å²) in [7, 11) is -3.77. The fourth-order valence-electron chi connectivity index (χ4n) is 3.04. The largest absolute Gasteiger partial charge is 0.368 e. The smallest absolute Gasteiger partial charge is 0.312 e. The van der Waals surface area contributed by atoms with Gasteiger partial charge in [-0.1, -0.05) is 29.8 Å². The molecule has 0 aliphatic carbocycles. The molecule has 0 saturated carbocycles. The number of piperazine rings is 1. The highest BCUT2D eigenvalue weighted by molar-refractivity contribution is 7.89. The van der Waals surface area contributed by atoms with Crippen molar-refractivity contribution in [3.63, 3.8) is 0 Å². The van der Waals surface area contributed by atoms with E-state index in [0.29, 0.717) is 36.8 Å². The van der Waals surface area contributed by atoms with Crippen molar-refractivity contribution in [1.82, 2.24) is 10.2 Å². The third-order valence-electron chi connectivity index (χ3n) is 4.64. The summed E-state index contributed by atoms with van der Waals surface area (Å²) in [5, 5.41) is 8.26. The first-order valence-corrected chi connectivity index (χ1v) is 10.9. The minimum absolute atomic E-state index is 0.0128. The molecule has 0 atom stereocenters. The van der Waals surface area contributed by atoms with Crippen molar-refractivity contribution in [2.24, 2.45) is 5.14 Å². The van der Waals surface area contributed by atoms with E-state index < -0.39 is 21.8 Å². The molecule has 3 N–H and O–H groups in total. The maximum Gasteiger partial charge on any atom is 0.312 e.